The highest BCUT2D eigenvalue weighted by atomic mass is 16.4. The minimum atomic E-state index is -0.918. The molecule has 2 amide bonds. The molecule has 1 saturated heterocycles. The Labute approximate surface area is 114 Å². The zero-order valence-electron chi connectivity index (χ0n) is 12.2. The van der Waals surface area contributed by atoms with Gasteiger partial charge in [0.05, 0.1) is 6.42 Å². The van der Waals surface area contributed by atoms with Crippen LogP contribution in [-0.2, 0) is 4.79 Å². The van der Waals surface area contributed by atoms with Crippen LogP contribution in [0, 0.1) is 0 Å². The molecule has 1 heterocycles. The van der Waals surface area contributed by atoms with Gasteiger partial charge in [0.2, 0.25) is 0 Å². The van der Waals surface area contributed by atoms with Crippen LogP contribution in [0.2, 0.25) is 0 Å². The summed E-state index contributed by atoms with van der Waals surface area (Å²) in [5, 5.41) is 14.4. The van der Waals surface area contributed by atoms with Gasteiger partial charge in [-0.2, -0.15) is 0 Å². The van der Waals surface area contributed by atoms with Gasteiger partial charge in [-0.3, -0.25) is 4.79 Å². The number of rotatable bonds is 4. The van der Waals surface area contributed by atoms with Crippen molar-refractivity contribution in [1.29, 1.82) is 0 Å². The summed E-state index contributed by atoms with van der Waals surface area (Å²) in [6.07, 6.45) is 1.75. The third-order valence-electron chi connectivity index (χ3n) is 3.59. The number of nitrogens with zero attached hydrogens (tertiary/aromatic N) is 1. The number of carboxylic acids is 1. The van der Waals surface area contributed by atoms with Gasteiger partial charge in [0.15, 0.2) is 0 Å². The fourth-order valence-electron chi connectivity index (χ4n) is 2.37. The summed E-state index contributed by atoms with van der Waals surface area (Å²) >= 11 is 0. The average Bonchev–Trinajstić information content (AvgIpc) is 2.20. The molecular formula is C13H25N3O3. The van der Waals surface area contributed by atoms with Crippen molar-refractivity contribution in [2.75, 3.05) is 13.6 Å². The van der Waals surface area contributed by atoms with E-state index in [9.17, 15) is 9.59 Å². The molecule has 6 heteroatoms. The van der Waals surface area contributed by atoms with E-state index in [0.29, 0.717) is 6.04 Å². The van der Waals surface area contributed by atoms with Gasteiger partial charge in [-0.25, -0.2) is 4.79 Å². The second-order valence-corrected chi connectivity index (χ2v) is 6.10. The molecule has 0 radical (unpaired) electrons. The maximum Gasteiger partial charge on any atom is 0.315 e. The molecule has 0 aliphatic carbocycles. The molecular weight excluding hydrogens is 246 g/mol. The van der Waals surface area contributed by atoms with Crippen LogP contribution in [0.15, 0.2) is 0 Å². The molecule has 0 aromatic carbocycles. The van der Waals surface area contributed by atoms with E-state index in [-0.39, 0.29) is 18.5 Å². The number of urea groups is 1. The van der Waals surface area contributed by atoms with Crippen molar-refractivity contribution in [3.05, 3.63) is 0 Å². The summed E-state index contributed by atoms with van der Waals surface area (Å²) < 4.78 is 0. The molecule has 3 N–H and O–H groups in total. The molecule has 0 aromatic heterocycles. The fraction of sp³-hybridized carbons (Fsp3) is 0.846. The molecule has 19 heavy (non-hydrogen) atoms. The van der Waals surface area contributed by atoms with Crippen LogP contribution in [0.25, 0.3) is 0 Å². The highest BCUT2D eigenvalue weighted by Gasteiger charge is 2.27. The second-order valence-electron chi connectivity index (χ2n) is 6.10. The first-order chi connectivity index (χ1) is 8.69. The summed E-state index contributed by atoms with van der Waals surface area (Å²) in [6, 6.07) is 0.325. The van der Waals surface area contributed by atoms with Crippen LogP contribution in [0.1, 0.15) is 40.0 Å². The number of piperidine rings is 1. The average molecular weight is 271 g/mol. The van der Waals surface area contributed by atoms with Crippen molar-refractivity contribution in [1.82, 2.24) is 15.5 Å². The molecule has 110 valence electrons. The van der Waals surface area contributed by atoms with Crippen LogP contribution in [0.4, 0.5) is 4.79 Å². The highest BCUT2D eigenvalue weighted by molar-refractivity contribution is 5.76. The summed E-state index contributed by atoms with van der Waals surface area (Å²) in [7, 11) is 2.08. The van der Waals surface area contributed by atoms with E-state index in [1.54, 1.807) is 13.8 Å². The Kier molecular flexibility index (Phi) is 5.17. The van der Waals surface area contributed by atoms with Gasteiger partial charge in [0, 0.05) is 24.2 Å². The number of nitrogens with one attached hydrogen (secondary N) is 2. The molecule has 1 aliphatic heterocycles. The van der Waals surface area contributed by atoms with Gasteiger partial charge in [-0.15, -0.1) is 0 Å². The number of hydrogen-bond acceptors (Lipinski definition) is 3. The molecule has 0 aromatic rings. The third kappa shape index (κ3) is 5.46. The van der Waals surface area contributed by atoms with Gasteiger partial charge in [-0.1, -0.05) is 0 Å². The summed E-state index contributed by atoms with van der Waals surface area (Å²) in [5.74, 6) is -0.918. The number of amides is 2. The number of carbonyl (C=O) groups excluding carboxylic acids is 1. The SMILES string of the molecule is CC1CC(NC(=O)NC(C)(C)CC(=O)O)CCN1C. The maximum absolute atomic E-state index is 11.9. The molecule has 1 fully saturated rings. The van der Waals surface area contributed by atoms with Crippen LogP contribution >= 0.6 is 0 Å². The van der Waals surface area contributed by atoms with E-state index in [0.717, 1.165) is 19.4 Å². The topological polar surface area (TPSA) is 81.7 Å². The van der Waals surface area contributed by atoms with Crippen molar-refractivity contribution in [3.63, 3.8) is 0 Å². The molecule has 6 nitrogen and oxygen atoms in total. The van der Waals surface area contributed by atoms with E-state index >= 15 is 0 Å². The Morgan fingerprint density at radius 3 is 2.58 bits per heavy atom. The Morgan fingerprint density at radius 1 is 1.42 bits per heavy atom. The van der Waals surface area contributed by atoms with Crippen LogP contribution in [0.3, 0.4) is 0 Å². The first-order valence-corrected chi connectivity index (χ1v) is 6.70. The molecule has 1 rings (SSSR count). The Balaban J connectivity index is 2.41. The van der Waals surface area contributed by atoms with Crippen molar-refractivity contribution < 1.29 is 14.7 Å². The van der Waals surface area contributed by atoms with E-state index in [1.165, 1.54) is 0 Å². The minimum absolute atomic E-state index is 0.0930. The van der Waals surface area contributed by atoms with E-state index in [4.69, 9.17) is 5.11 Å². The molecule has 0 bridgehead atoms. The second kappa shape index (κ2) is 6.23. The molecule has 1 aliphatic rings. The highest BCUT2D eigenvalue weighted by Crippen LogP contribution is 2.15. The summed E-state index contributed by atoms with van der Waals surface area (Å²) in [4.78, 5) is 24.8. The zero-order valence-corrected chi connectivity index (χ0v) is 12.2. The van der Waals surface area contributed by atoms with Gasteiger partial charge in [0.25, 0.3) is 0 Å². The van der Waals surface area contributed by atoms with Crippen molar-refractivity contribution in [2.24, 2.45) is 0 Å². The van der Waals surface area contributed by atoms with Gasteiger partial charge in [-0.05, 0) is 40.7 Å². The minimum Gasteiger partial charge on any atom is -0.481 e. The zero-order chi connectivity index (χ0) is 14.6. The Hall–Kier alpha value is -1.30. The number of hydrogen-bond donors (Lipinski definition) is 3. The standard InChI is InChI=1S/C13H25N3O3/c1-9-7-10(5-6-16(9)4)14-12(19)15-13(2,3)8-11(17)18/h9-10H,5-8H2,1-4H3,(H,17,18)(H2,14,15,19). The van der Waals surface area contributed by atoms with E-state index in [2.05, 4.69) is 29.5 Å². The fourth-order valence-corrected chi connectivity index (χ4v) is 2.37. The number of carboxylic acid groups (broad SMARTS) is 1. The summed E-state index contributed by atoms with van der Waals surface area (Å²) in [6.45, 7) is 6.51. The quantitative estimate of drug-likeness (QED) is 0.713. The lowest BCUT2D eigenvalue weighted by Gasteiger charge is -2.36. The maximum atomic E-state index is 11.9. The first kappa shape index (κ1) is 15.8. The predicted molar refractivity (Wildman–Crippen MR) is 73.1 cm³/mol. The molecule has 0 saturated carbocycles. The van der Waals surface area contributed by atoms with Crippen molar-refractivity contribution in [3.8, 4) is 0 Å². The van der Waals surface area contributed by atoms with E-state index < -0.39 is 11.5 Å². The lowest BCUT2D eigenvalue weighted by Crippen LogP contribution is -2.54. The lowest BCUT2D eigenvalue weighted by molar-refractivity contribution is -0.138. The normalized spacial score (nSPS) is 24.8. The number of likely N-dealkylation sites (tertiary alicyclic amines) is 1. The largest absolute Gasteiger partial charge is 0.481 e. The van der Waals surface area contributed by atoms with Crippen molar-refractivity contribution in [2.45, 2.75) is 57.7 Å². The third-order valence-corrected chi connectivity index (χ3v) is 3.59. The van der Waals surface area contributed by atoms with Crippen LogP contribution < -0.4 is 10.6 Å². The molecule has 2 unspecified atom stereocenters. The van der Waals surface area contributed by atoms with Gasteiger partial charge >= 0.3 is 12.0 Å². The Morgan fingerprint density at radius 2 is 2.05 bits per heavy atom. The smallest absolute Gasteiger partial charge is 0.315 e. The number of aliphatic carboxylic acids is 1. The van der Waals surface area contributed by atoms with Crippen LogP contribution in [0.5, 0.6) is 0 Å². The predicted octanol–water partition coefficient (Wildman–Crippen LogP) is 1.02. The first-order valence-electron chi connectivity index (χ1n) is 6.70. The van der Waals surface area contributed by atoms with E-state index in [1.807, 2.05) is 0 Å². The van der Waals surface area contributed by atoms with Gasteiger partial charge < -0.3 is 20.6 Å². The molecule has 0 spiro atoms. The van der Waals surface area contributed by atoms with Crippen molar-refractivity contribution >= 4 is 12.0 Å². The monoisotopic (exact) mass is 271 g/mol. The Bertz CT molecular complexity index is 344. The number of carbonyl (C=O) groups is 2. The van der Waals surface area contributed by atoms with Gasteiger partial charge in [0.1, 0.15) is 0 Å². The molecule has 2 atom stereocenters. The lowest BCUT2D eigenvalue weighted by atomic mass is 9.98. The summed E-state index contributed by atoms with van der Waals surface area (Å²) in [5.41, 5.74) is -0.743. The van der Waals surface area contributed by atoms with Crippen LogP contribution in [-0.4, -0.2) is 53.2 Å².